The predicted molar refractivity (Wildman–Crippen MR) is 97.9 cm³/mol. The Morgan fingerprint density at radius 1 is 1.12 bits per heavy atom. The smallest absolute Gasteiger partial charge is 0.261 e. The van der Waals surface area contributed by atoms with Crippen LogP contribution >= 0.6 is 23.4 Å². The fraction of sp³-hybridized carbons (Fsp3) is 0.333. The Bertz CT molecular complexity index is 836. The van der Waals surface area contributed by atoms with Gasteiger partial charge >= 0.3 is 0 Å². The van der Waals surface area contributed by atoms with Crippen LogP contribution in [-0.2, 0) is 5.75 Å². The molecule has 0 aliphatic rings. The second-order valence-corrected chi connectivity index (χ2v) is 6.35. The molecule has 7 nitrogen and oxygen atoms in total. The Kier molecular flexibility index (Phi) is 5.37. The van der Waals surface area contributed by atoms with Crippen molar-refractivity contribution in [1.29, 1.82) is 0 Å². The molecule has 3 rings (SSSR count). The SMILES string of the molecule is CCNc1nc(NCC)n2c(SCc3cccc(Cl)c3)nnc2n1. The highest BCUT2D eigenvalue weighted by Crippen LogP contribution is 2.25. The molecule has 24 heavy (non-hydrogen) atoms. The Morgan fingerprint density at radius 2 is 1.96 bits per heavy atom. The van der Waals surface area contributed by atoms with Crippen LogP contribution in [-0.4, -0.2) is 37.7 Å². The fourth-order valence-electron chi connectivity index (χ4n) is 2.17. The number of halogens is 1. The molecule has 0 amide bonds. The summed E-state index contributed by atoms with van der Waals surface area (Å²) in [6.45, 7) is 5.50. The first-order valence-corrected chi connectivity index (χ1v) is 9.05. The van der Waals surface area contributed by atoms with Gasteiger partial charge in [-0.15, -0.1) is 10.2 Å². The van der Waals surface area contributed by atoms with Gasteiger partial charge < -0.3 is 10.6 Å². The lowest BCUT2D eigenvalue weighted by Crippen LogP contribution is -2.11. The molecule has 3 aromatic rings. The molecule has 0 radical (unpaired) electrons. The standard InChI is InChI=1S/C15H18ClN7S/c1-3-17-12-19-13(18-4-2)23-14(20-12)21-22-15(23)24-9-10-6-5-7-11(16)8-10/h5-8H,3-4,9H2,1-2H3,(H2,17,18,19,20,21). The summed E-state index contributed by atoms with van der Waals surface area (Å²) in [5.74, 6) is 2.48. The van der Waals surface area contributed by atoms with Crippen molar-refractivity contribution in [1.82, 2.24) is 24.6 Å². The number of aromatic nitrogens is 5. The van der Waals surface area contributed by atoms with Gasteiger partial charge in [-0.05, 0) is 31.5 Å². The highest BCUT2D eigenvalue weighted by molar-refractivity contribution is 7.98. The molecule has 0 spiro atoms. The van der Waals surface area contributed by atoms with Crippen molar-refractivity contribution in [3.8, 4) is 0 Å². The zero-order chi connectivity index (χ0) is 16.9. The van der Waals surface area contributed by atoms with Crippen LogP contribution in [0.1, 0.15) is 19.4 Å². The first-order chi connectivity index (χ1) is 11.7. The molecule has 2 aromatic heterocycles. The summed E-state index contributed by atoms with van der Waals surface area (Å²) in [5, 5.41) is 16.2. The molecule has 9 heteroatoms. The van der Waals surface area contributed by atoms with Gasteiger partial charge in [0.15, 0.2) is 5.16 Å². The molecule has 2 N–H and O–H groups in total. The molecular formula is C15H18ClN7S. The number of fused-ring (bicyclic) bond motifs is 1. The average molecular weight is 364 g/mol. The quantitative estimate of drug-likeness (QED) is 0.623. The van der Waals surface area contributed by atoms with Gasteiger partial charge in [-0.3, -0.25) is 0 Å². The maximum atomic E-state index is 6.03. The van der Waals surface area contributed by atoms with Gasteiger partial charge in [-0.1, -0.05) is 35.5 Å². The molecule has 0 saturated carbocycles. The largest absolute Gasteiger partial charge is 0.355 e. The minimum Gasteiger partial charge on any atom is -0.355 e. The minimum atomic E-state index is 0.519. The van der Waals surface area contributed by atoms with Crippen molar-refractivity contribution in [2.45, 2.75) is 24.8 Å². The van der Waals surface area contributed by atoms with E-state index in [1.165, 1.54) is 0 Å². The summed E-state index contributed by atoms with van der Waals surface area (Å²) in [7, 11) is 0. The van der Waals surface area contributed by atoms with Crippen molar-refractivity contribution in [2.24, 2.45) is 0 Å². The summed E-state index contributed by atoms with van der Waals surface area (Å²) in [5.41, 5.74) is 1.12. The lowest BCUT2D eigenvalue weighted by molar-refractivity contribution is 0.887. The van der Waals surface area contributed by atoms with Crippen LogP contribution in [0.25, 0.3) is 5.78 Å². The van der Waals surface area contributed by atoms with Gasteiger partial charge in [0.05, 0.1) is 0 Å². The third-order valence-corrected chi connectivity index (χ3v) is 4.41. The summed E-state index contributed by atoms with van der Waals surface area (Å²) >= 11 is 7.60. The van der Waals surface area contributed by atoms with E-state index >= 15 is 0 Å². The van der Waals surface area contributed by atoms with Crippen molar-refractivity contribution >= 4 is 41.0 Å². The highest BCUT2D eigenvalue weighted by Gasteiger charge is 2.14. The van der Waals surface area contributed by atoms with Gasteiger partial charge in [0.25, 0.3) is 5.78 Å². The van der Waals surface area contributed by atoms with Gasteiger partial charge in [-0.25, -0.2) is 4.40 Å². The van der Waals surface area contributed by atoms with Crippen molar-refractivity contribution in [2.75, 3.05) is 23.7 Å². The molecule has 0 aliphatic heterocycles. The first kappa shape index (κ1) is 16.8. The maximum absolute atomic E-state index is 6.03. The van der Waals surface area contributed by atoms with E-state index in [0.29, 0.717) is 17.7 Å². The zero-order valence-corrected chi connectivity index (χ0v) is 15.0. The molecule has 2 heterocycles. The van der Waals surface area contributed by atoms with Crippen LogP contribution in [0.15, 0.2) is 29.4 Å². The third kappa shape index (κ3) is 3.70. The van der Waals surface area contributed by atoms with Crippen molar-refractivity contribution < 1.29 is 0 Å². The van der Waals surface area contributed by atoms with Gasteiger partial charge in [0.1, 0.15) is 0 Å². The van der Waals surface area contributed by atoms with Gasteiger partial charge in [-0.2, -0.15) is 9.97 Å². The highest BCUT2D eigenvalue weighted by atomic mass is 35.5. The molecular weight excluding hydrogens is 346 g/mol. The fourth-order valence-corrected chi connectivity index (χ4v) is 3.26. The minimum absolute atomic E-state index is 0.519. The van der Waals surface area contributed by atoms with E-state index in [4.69, 9.17) is 11.6 Å². The van der Waals surface area contributed by atoms with E-state index < -0.39 is 0 Å². The van der Waals surface area contributed by atoms with Crippen molar-refractivity contribution in [3.05, 3.63) is 34.9 Å². The molecule has 0 saturated heterocycles. The van der Waals surface area contributed by atoms with E-state index in [2.05, 4.69) is 30.8 Å². The van der Waals surface area contributed by atoms with E-state index in [1.807, 2.05) is 42.5 Å². The maximum Gasteiger partial charge on any atom is 0.261 e. The van der Waals surface area contributed by atoms with Crippen molar-refractivity contribution in [3.63, 3.8) is 0 Å². The summed E-state index contributed by atoms with van der Waals surface area (Å²) < 4.78 is 1.83. The van der Waals surface area contributed by atoms with E-state index in [9.17, 15) is 0 Å². The third-order valence-electron chi connectivity index (χ3n) is 3.17. The van der Waals surface area contributed by atoms with Crippen LogP contribution in [0.3, 0.4) is 0 Å². The normalized spacial score (nSPS) is 11.0. The number of nitrogens with one attached hydrogen (secondary N) is 2. The van der Waals surface area contributed by atoms with Gasteiger partial charge in [0, 0.05) is 23.9 Å². The van der Waals surface area contributed by atoms with Crippen LogP contribution < -0.4 is 10.6 Å². The molecule has 0 fully saturated rings. The topological polar surface area (TPSA) is 80.0 Å². The van der Waals surface area contributed by atoms with E-state index in [1.54, 1.807) is 11.8 Å². The molecule has 126 valence electrons. The Morgan fingerprint density at radius 3 is 2.71 bits per heavy atom. The zero-order valence-electron chi connectivity index (χ0n) is 13.5. The molecule has 0 unspecified atom stereocenters. The number of anilines is 2. The van der Waals surface area contributed by atoms with Crippen LogP contribution in [0.2, 0.25) is 5.02 Å². The van der Waals surface area contributed by atoms with Crippen LogP contribution in [0.5, 0.6) is 0 Å². The number of thioether (sulfide) groups is 1. The van der Waals surface area contributed by atoms with Crippen LogP contribution in [0, 0.1) is 0 Å². The molecule has 0 atom stereocenters. The average Bonchev–Trinajstić information content (AvgIpc) is 2.97. The number of hydrogen-bond donors (Lipinski definition) is 2. The molecule has 0 bridgehead atoms. The predicted octanol–water partition coefficient (Wildman–Crippen LogP) is 3.33. The summed E-state index contributed by atoms with van der Waals surface area (Å²) in [6.07, 6.45) is 0. The second-order valence-electron chi connectivity index (χ2n) is 4.97. The Labute approximate surface area is 149 Å². The lowest BCUT2D eigenvalue weighted by Gasteiger charge is -2.09. The number of hydrogen-bond acceptors (Lipinski definition) is 7. The Balaban J connectivity index is 1.90. The monoisotopic (exact) mass is 363 g/mol. The Hall–Kier alpha value is -2.06. The second kappa shape index (κ2) is 7.67. The van der Waals surface area contributed by atoms with Crippen LogP contribution in [0.4, 0.5) is 11.9 Å². The lowest BCUT2D eigenvalue weighted by atomic mass is 10.2. The van der Waals surface area contributed by atoms with E-state index in [-0.39, 0.29) is 0 Å². The van der Waals surface area contributed by atoms with Gasteiger partial charge in [0.2, 0.25) is 11.9 Å². The number of rotatable bonds is 7. The first-order valence-electron chi connectivity index (χ1n) is 7.69. The summed E-state index contributed by atoms with van der Waals surface area (Å²) in [4.78, 5) is 8.89. The number of nitrogens with zero attached hydrogens (tertiary/aromatic N) is 5. The molecule has 0 aliphatic carbocycles. The summed E-state index contributed by atoms with van der Waals surface area (Å²) in [6, 6.07) is 7.79. The number of benzene rings is 1. The van der Waals surface area contributed by atoms with E-state index in [0.717, 1.165) is 34.6 Å². The molecule has 1 aromatic carbocycles.